The first kappa shape index (κ1) is 20.3. The van der Waals surface area contributed by atoms with E-state index in [1.54, 1.807) is 67.6 Å². The molecule has 0 amide bonds. The molecule has 0 unspecified atom stereocenters. The van der Waals surface area contributed by atoms with Gasteiger partial charge in [0.2, 0.25) is 5.78 Å². The van der Waals surface area contributed by atoms with Gasteiger partial charge in [-0.05, 0) is 48.9 Å². The Hall–Kier alpha value is -3.93. The fourth-order valence-corrected chi connectivity index (χ4v) is 3.28. The van der Waals surface area contributed by atoms with Crippen LogP contribution in [0.3, 0.4) is 0 Å². The van der Waals surface area contributed by atoms with Crippen molar-refractivity contribution >= 4 is 17.8 Å². The summed E-state index contributed by atoms with van der Waals surface area (Å²) in [6.45, 7) is 1.85. The minimum absolute atomic E-state index is 0.0650. The van der Waals surface area contributed by atoms with Gasteiger partial charge in [-0.25, -0.2) is 9.18 Å². The molecule has 0 atom stereocenters. The number of fused-ring (bicyclic) bond motifs is 1. The molecule has 1 aliphatic heterocycles. The summed E-state index contributed by atoms with van der Waals surface area (Å²) in [5, 5.41) is 0. The Morgan fingerprint density at radius 1 is 1.06 bits per heavy atom. The van der Waals surface area contributed by atoms with Crippen LogP contribution in [0.25, 0.3) is 6.08 Å². The number of carbonyl (C=O) groups excluding carboxylic acids is 2. The molecule has 0 aromatic heterocycles. The molecular weight excluding hydrogens is 399 g/mol. The monoisotopic (exact) mass is 418 g/mol. The summed E-state index contributed by atoms with van der Waals surface area (Å²) in [6, 6.07) is 16.4. The Morgan fingerprint density at radius 3 is 2.52 bits per heavy atom. The van der Waals surface area contributed by atoms with Gasteiger partial charge in [-0.3, -0.25) is 4.79 Å². The SMILES string of the molecule is COC(=O)c1ccc(/C=C2\Oc3c(ccc(OCc4ccccc4F)c3C)C2=O)cc1. The average molecular weight is 418 g/mol. The molecular formula is C25H19FO5. The van der Waals surface area contributed by atoms with Gasteiger partial charge in [-0.1, -0.05) is 30.3 Å². The van der Waals surface area contributed by atoms with Gasteiger partial charge >= 0.3 is 5.97 Å². The van der Waals surface area contributed by atoms with E-state index in [0.29, 0.717) is 39.3 Å². The van der Waals surface area contributed by atoms with Crippen LogP contribution in [0.15, 0.2) is 66.4 Å². The molecule has 0 spiro atoms. The first-order valence-corrected chi connectivity index (χ1v) is 9.60. The van der Waals surface area contributed by atoms with Crippen LogP contribution in [0.5, 0.6) is 11.5 Å². The van der Waals surface area contributed by atoms with Gasteiger partial charge in [-0.15, -0.1) is 0 Å². The number of ether oxygens (including phenoxy) is 3. The van der Waals surface area contributed by atoms with Gasteiger partial charge < -0.3 is 14.2 Å². The number of hydrogen-bond acceptors (Lipinski definition) is 5. The van der Waals surface area contributed by atoms with Gasteiger partial charge in [0, 0.05) is 11.1 Å². The Kier molecular flexibility index (Phi) is 5.54. The van der Waals surface area contributed by atoms with Crippen LogP contribution in [-0.4, -0.2) is 18.9 Å². The lowest BCUT2D eigenvalue weighted by atomic mass is 10.1. The molecule has 4 rings (SSSR count). The van der Waals surface area contributed by atoms with E-state index >= 15 is 0 Å². The van der Waals surface area contributed by atoms with E-state index in [1.165, 1.54) is 13.2 Å². The van der Waals surface area contributed by atoms with Crippen LogP contribution in [0.1, 0.15) is 37.4 Å². The summed E-state index contributed by atoms with van der Waals surface area (Å²) >= 11 is 0. The van der Waals surface area contributed by atoms with Gasteiger partial charge in [0.25, 0.3) is 0 Å². The van der Waals surface area contributed by atoms with Crippen LogP contribution >= 0.6 is 0 Å². The van der Waals surface area contributed by atoms with Crippen LogP contribution in [0, 0.1) is 12.7 Å². The predicted molar refractivity (Wildman–Crippen MR) is 113 cm³/mol. The van der Waals surface area contributed by atoms with Crippen molar-refractivity contribution < 1.29 is 28.2 Å². The standard InChI is InChI=1S/C25H19FO5/c1-15-21(30-14-18-5-3-4-6-20(18)26)12-11-19-23(27)22(31-24(15)19)13-16-7-9-17(10-8-16)25(28)29-2/h3-13H,14H2,1-2H3/b22-13-. The molecule has 31 heavy (non-hydrogen) atoms. The van der Waals surface area contributed by atoms with Crippen molar-refractivity contribution in [1.29, 1.82) is 0 Å². The van der Waals surface area contributed by atoms with Crippen LogP contribution in [0.2, 0.25) is 0 Å². The maximum atomic E-state index is 13.8. The second-order valence-electron chi connectivity index (χ2n) is 7.00. The smallest absolute Gasteiger partial charge is 0.337 e. The summed E-state index contributed by atoms with van der Waals surface area (Å²) in [6.07, 6.45) is 1.61. The van der Waals surface area contributed by atoms with Gasteiger partial charge in [0.1, 0.15) is 23.9 Å². The van der Waals surface area contributed by atoms with Gasteiger partial charge in [-0.2, -0.15) is 0 Å². The normalized spacial score (nSPS) is 13.6. The molecule has 0 saturated carbocycles. The number of hydrogen-bond donors (Lipinski definition) is 0. The molecule has 1 aliphatic rings. The number of Topliss-reactive ketones (excluding diaryl/α,β-unsaturated/α-hetero) is 1. The third-order valence-corrected chi connectivity index (χ3v) is 5.01. The fraction of sp³-hybridized carbons (Fsp3) is 0.120. The highest BCUT2D eigenvalue weighted by atomic mass is 19.1. The highest BCUT2D eigenvalue weighted by Gasteiger charge is 2.30. The third-order valence-electron chi connectivity index (χ3n) is 5.01. The van der Waals surface area contributed by atoms with Crippen LogP contribution < -0.4 is 9.47 Å². The zero-order chi connectivity index (χ0) is 22.0. The molecule has 3 aromatic carbocycles. The molecule has 0 radical (unpaired) electrons. The summed E-state index contributed by atoms with van der Waals surface area (Å²) in [7, 11) is 1.32. The van der Waals surface area contributed by atoms with Gasteiger partial charge in [0.15, 0.2) is 5.76 Å². The largest absolute Gasteiger partial charge is 0.488 e. The van der Waals surface area contributed by atoms with E-state index in [2.05, 4.69) is 4.74 Å². The number of methoxy groups -OCH3 is 1. The topological polar surface area (TPSA) is 61.8 Å². The van der Waals surface area contributed by atoms with Crippen LogP contribution in [-0.2, 0) is 11.3 Å². The molecule has 0 saturated heterocycles. The number of esters is 1. The number of ketones is 1. The first-order valence-electron chi connectivity index (χ1n) is 9.60. The average Bonchev–Trinajstić information content (AvgIpc) is 3.10. The van der Waals surface area contributed by atoms with E-state index in [4.69, 9.17) is 9.47 Å². The van der Waals surface area contributed by atoms with E-state index < -0.39 is 5.97 Å². The quantitative estimate of drug-likeness (QED) is 0.425. The Bertz CT molecular complexity index is 1200. The number of benzene rings is 3. The van der Waals surface area contributed by atoms with E-state index in [-0.39, 0.29) is 24.0 Å². The van der Waals surface area contributed by atoms with Crippen molar-refractivity contribution in [3.63, 3.8) is 0 Å². The van der Waals surface area contributed by atoms with Crippen molar-refractivity contribution in [3.8, 4) is 11.5 Å². The highest BCUT2D eigenvalue weighted by Crippen LogP contribution is 2.39. The highest BCUT2D eigenvalue weighted by molar-refractivity contribution is 6.15. The Labute approximate surface area is 178 Å². The molecule has 0 N–H and O–H groups in total. The van der Waals surface area contributed by atoms with Crippen molar-refractivity contribution in [2.45, 2.75) is 13.5 Å². The molecule has 0 aliphatic carbocycles. The number of halogens is 1. The zero-order valence-electron chi connectivity index (χ0n) is 17.0. The molecule has 5 nitrogen and oxygen atoms in total. The maximum absolute atomic E-state index is 13.8. The van der Waals surface area contributed by atoms with Gasteiger partial charge in [0.05, 0.1) is 18.2 Å². The van der Waals surface area contributed by atoms with Crippen molar-refractivity contribution in [2.75, 3.05) is 7.11 Å². The third kappa shape index (κ3) is 4.05. The van der Waals surface area contributed by atoms with Crippen molar-refractivity contribution in [1.82, 2.24) is 0 Å². The molecule has 1 heterocycles. The lowest BCUT2D eigenvalue weighted by Crippen LogP contribution is -2.01. The zero-order valence-corrected chi connectivity index (χ0v) is 17.0. The number of rotatable bonds is 5. The number of carbonyl (C=O) groups is 2. The minimum Gasteiger partial charge on any atom is -0.488 e. The molecule has 3 aromatic rings. The molecule has 0 bridgehead atoms. The van der Waals surface area contributed by atoms with Crippen molar-refractivity contribution in [2.24, 2.45) is 0 Å². The van der Waals surface area contributed by atoms with E-state index in [0.717, 1.165) is 0 Å². The van der Waals surface area contributed by atoms with Crippen LogP contribution in [0.4, 0.5) is 4.39 Å². The fourth-order valence-electron chi connectivity index (χ4n) is 3.28. The second-order valence-corrected chi connectivity index (χ2v) is 7.00. The Balaban J connectivity index is 1.54. The predicted octanol–water partition coefficient (Wildman–Crippen LogP) is 5.12. The van der Waals surface area contributed by atoms with E-state index in [1.807, 2.05) is 0 Å². The summed E-state index contributed by atoms with van der Waals surface area (Å²) in [4.78, 5) is 24.3. The molecule has 0 fully saturated rings. The number of allylic oxidation sites excluding steroid dienone is 1. The first-order chi connectivity index (χ1) is 15.0. The van der Waals surface area contributed by atoms with Crippen molar-refractivity contribution in [3.05, 3.63) is 100 Å². The maximum Gasteiger partial charge on any atom is 0.337 e. The summed E-state index contributed by atoms with van der Waals surface area (Å²) in [5.74, 6) is 0.104. The van der Waals surface area contributed by atoms with E-state index in [9.17, 15) is 14.0 Å². The Morgan fingerprint density at radius 2 is 1.81 bits per heavy atom. The molecule has 156 valence electrons. The minimum atomic E-state index is -0.432. The summed E-state index contributed by atoms with van der Waals surface area (Å²) < 4.78 is 30.1. The molecule has 6 heteroatoms. The second kappa shape index (κ2) is 8.44. The lowest BCUT2D eigenvalue weighted by molar-refractivity contribution is 0.0600. The lowest BCUT2D eigenvalue weighted by Gasteiger charge is -2.12. The summed E-state index contributed by atoms with van der Waals surface area (Å²) in [5.41, 5.74) is 2.66.